The van der Waals surface area contributed by atoms with Gasteiger partial charge in [-0.15, -0.1) is 0 Å². The van der Waals surface area contributed by atoms with Crippen LogP contribution in [0.1, 0.15) is 11.1 Å². The minimum absolute atomic E-state index is 0.711. The first-order valence-electron chi connectivity index (χ1n) is 6.10. The van der Waals surface area contributed by atoms with Crippen LogP contribution in [-0.2, 0) is 6.42 Å². The first kappa shape index (κ1) is 12.0. The number of anilines is 1. The van der Waals surface area contributed by atoms with Crippen molar-refractivity contribution < 1.29 is 0 Å². The van der Waals surface area contributed by atoms with Gasteiger partial charge < -0.3 is 5.73 Å². The number of benzene rings is 2. The molecule has 0 amide bonds. The number of hydrogen-bond donors (Lipinski definition) is 1. The van der Waals surface area contributed by atoms with E-state index in [2.05, 4.69) is 11.1 Å². The number of fused-ring (bicyclic) bond motifs is 1. The molecule has 0 aliphatic carbocycles. The zero-order chi connectivity index (χ0) is 13.2. The van der Waals surface area contributed by atoms with Crippen molar-refractivity contribution in [3.63, 3.8) is 0 Å². The Morgan fingerprint density at radius 1 is 1.00 bits per heavy atom. The summed E-state index contributed by atoms with van der Waals surface area (Å²) in [5.74, 6) is 0. The Kier molecular flexibility index (Phi) is 3.10. The van der Waals surface area contributed by atoms with Crippen molar-refractivity contribution in [2.45, 2.75) is 6.42 Å². The fourth-order valence-corrected chi connectivity index (χ4v) is 2.44. The Balaban J connectivity index is 2.08. The monoisotopic (exact) mass is 268 g/mol. The van der Waals surface area contributed by atoms with Gasteiger partial charge in [-0.25, -0.2) is 0 Å². The predicted octanol–water partition coefficient (Wildman–Crippen LogP) is 4.06. The van der Waals surface area contributed by atoms with E-state index in [4.69, 9.17) is 17.3 Å². The molecule has 3 rings (SSSR count). The Morgan fingerprint density at radius 2 is 1.84 bits per heavy atom. The Morgan fingerprint density at radius 3 is 2.74 bits per heavy atom. The Bertz CT molecular complexity index is 732. The molecule has 1 aromatic heterocycles. The molecule has 19 heavy (non-hydrogen) atoms. The number of nitrogen functional groups attached to an aromatic ring is 1. The molecule has 94 valence electrons. The molecule has 0 aliphatic rings. The lowest BCUT2D eigenvalue weighted by Crippen LogP contribution is -1.97. The van der Waals surface area contributed by atoms with Crippen LogP contribution in [0.2, 0.25) is 5.02 Å². The van der Waals surface area contributed by atoms with E-state index in [0.29, 0.717) is 5.02 Å². The second-order valence-electron chi connectivity index (χ2n) is 4.51. The van der Waals surface area contributed by atoms with Crippen LogP contribution in [0.3, 0.4) is 0 Å². The smallest absolute Gasteiger partial charge is 0.0704 e. The first-order valence-corrected chi connectivity index (χ1v) is 6.48. The number of nitrogens with two attached hydrogens (primary N) is 1. The van der Waals surface area contributed by atoms with Crippen LogP contribution in [0.4, 0.5) is 5.69 Å². The zero-order valence-electron chi connectivity index (χ0n) is 10.3. The number of pyridine rings is 1. The molecule has 2 aromatic carbocycles. The summed E-state index contributed by atoms with van der Waals surface area (Å²) < 4.78 is 0. The number of aromatic nitrogens is 1. The van der Waals surface area contributed by atoms with E-state index in [0.717, 1.165) is 28.6 Å². The minimum Gasteiger partial charge on any atom is -0.398 e. The van der Waals surface area contributed by atoms with Gasteiger partial charge in [0.1, 0.15) is 0 Å². The normalized spacial score (nSPS) is 10.8. The van der Waals surface area contributed by atoms with Gasteiger partial charge in [0.15, 0.2) is 0 Å². The van der Waals surface area contributed by atoms with E-state index in [1.54, 1.807) is 0 Å². The molecule has 0 atom stereocenters. The van der Waals surface area contributed by atoms with Gasteiger partial charge in [0, 0.05) is 28.7 Å². The van der Waals surface area contributed by atoms with Gasteiger partial charge in [-0.05, 0) is 41.5 Å². The highest BCUT2D eigenvalue weighted by Gasteiger charge is 2.06. The second kappa shape index (κ2) is 4.90. The highest BCUT2D eigenvalue weighted by atomic mass is 35.5. The summed E-state index contributed by atoms with van der Waals surface area (Å²) in [6.07, 6.45) is 2.59. The van der Waals surface area contributed by atoms with E-state index in [1.807, 2.05) is 48.7 Å². The maximum Gasteiger partial charge on any atom is 0.0704 e. The summed E-state index contributed by atoms with van der Waals surface area (Å²) in [6.45, 7) is 0. The molecule has 3 heteroatoms. The zero-order valence-corrected chi connectivity index (χ0v) is 11.1. The molecule has 0 unspecified atom stereocenters. The van der Waals surface area contributed by atoms with Crippen LogP contribution in [0.25, 0.3) is 10.9 Å². The lowest BCUT2D eigenvalue weighted by molar-refractivity contribution is 1.20. The number of rotatable bonds is 2. The molecule has 0 spiro atoms. The average Bonchev–Trinajstić information content (AvgIpc) is 2.43. The fraction of sp³-hybridized carbons (Fsp3) is 0.0625. The fourth-order valence-electron chi connectivity index (χ4n) is 2.24. The van der Waals surface area contributed by atoms with Crippen LogP contribution < -0.4 is 5.73 Å². The summed E-state index contributed by atoms with van der Waals surface area (Å²) in [4.78, 5) is 4.37. The Labute approximate surface area is 116 Å². The third-order valence-electron chi connectivity index (χ3n) is 3.23. The van der Waals surface area contributed by atoms with Crippen LogP contribution in [0, 0.1) is 0 Å². The summed E-state index contributed by atoms with van der Waals surface area (Å²) in [5.41, 5.74) is 10.0. The van der Waals surface area contributed by atoms with Gasteiger partial charge in [-0.1, -0.05) is 29.8 Å². The molecule has 0 aliphatic heterocycles. The van der Waals surface area contributed by atoms with Crippen molar-refractivity contribution in [1.82, 2.24) is 4.98 Å². The van der Waals surface area contributed by atoms with Crippen LogP contribution in [0.5, 0.6) is 0 Å². The summed E-state index contributed by atoms with van der Waals surface area (Å²) in [5, 5.41) is 1.87. The quantitative estimate of drug-likeness (QED) is 0.712. The number of hydrogen-bond acceptors (Lipinski definition) is 2. The van der Waals surface area contributed by atoms with Crippen LogP contribution in [-0.4, -0.2) is 4.98 Å². The maximum atomic E-state index is 6.03. The molecular weight excluding hydrogens is 256 g/mol. The molecule has 0 fully saturated rings. The van der Waals surface area contributed by atoms with Crippen molar-refractivity contribution in [3.05, 3.63) is 70.9 Å². The number of para-hydroxylation sites is 1. The minimum atomic E-state index is 0.711. The van der Waals surface area contributed by atoms with Crippen molar-refractivity contribution in [1.29, 1.82) is 0 Å². The summed E-state index contributed by atoms with van der Waals surface area (Å²) in [7, 11) is 0. The van der Waals surface area contributed by atoms with Gasteiger partial charge >= 0.3 is 0 Å². The third kappa shape index (κ3) is 2.40. The second-order valence-corrected chi connectivity index (χ2v) is 4.94. The number of halogens is 1. The van der Waals surface area contributed by atoms with E-state index in [-0.39, 0.29) is 0 Å². The molecule has 1 heterocycles. The standard InChI is InChI=1S/C16H13ClN2/c17-13-5-6-15(18)12(10-13)9-11-7-8-19-16-4-2-1-3-14(11)16/h1-8,10H,9,18H2. The highest BCUT2D eigenvalue weighted by Crippen LogP contribution is 2.24. The van der Waals surface area contributed by atoms with Gasteiger partial charge in [0.05, 0.1) is 5.52 Å². The average molecular weight is 269 g/mol. The van der Waals surface area contributed by atoms with Crippen LogP contribution in [0.15, 0.2) is 54.7 Å². The van der Waals surface area contributed by atoms with Crippen molar-refractivity contribution >= 4 is 28.2 Å². The van der Waals surface area contributed by atoms with Crippen LogP contribution >= 0.6 is 11.6 Å². The molecule has 0 radical (unpaired) electrons. The lowest BCUT2D eigenvalue weighted by Gasteiger charge is -2.09. The van der Waals surface area contributed by atoms with Crippen molar-refractivity contribution in [3.8, 4) is 0 Å². The maximum absolute atomic E-state index is 6.03. The molecular formula is C16H13ClN2. The van der Waals surface area contributed by atoms with Gasteiger partial charge in [0.2, 0.25) is 0 Å². The molecule has 2 nitrogen and oxygen atoms in total. The third-order valence-corrected chi connectivity index (χ3v) is 3.46. The lowest BCUT2D eigenvalue weighted by atomic mass is 10.0. The molecule has 0 saturated carbocycles. The predicted molar refractivity (Wildman–Crippen MR) is 80.4 cm³/mol. The Hall–Kier alpha value is -2.06. The van der Waals surface area contributed by atoms with E-state index >= 15 is 0 Å². The van der Waals surface area contributed by atoms with E-state index in [1.165, 1.54) is 5.56 Å². The largest absolute Gasteiger partial charge is 0.398 e. The molecule has 2 N–H and O–H groups in total. The van der Waals surface area contributed by atoms with Gasteiger partial charge in [0.25, 0.3) is 0 Å². The first-order chi connectivity index (χ1) is 9.24. The van der Waals surface area contributed by atoms with Crippen molar-refractivity contribution in [2.24, 2.45) is 0 Å². The highest BCUT2D eigenvalue weighted by molar-refractivity contribution is 6.30. The van der Waals surface area contributed by atoms with Crippen molar-refractivity contribution in [2.75, 3.05) is 5.73 Å². The van der Waals surface area contributed by atoms with Gasteiger partial charge in [-0.3, -0.25) is 4.98 Å². The topological polar surface area (TPSA) is 38.9 Å². The van der Waals surface area contributed by atoms with E-state index < -0.39 is 0 Å². The SMILES string of the molecule is Nc1ccc(Cl)cc1Cc1ccnc2ccccc12. The molecule has 0 saturated heterocycles. The summed E-state index contributed by atoms with van der Waals surface area (Å²) >= 11 is 6.03. The number of nitrogens with zero attached hydrogens (tertiary/aromatic N) is 1. The summed E-state index contributed by atoms with van der Waals surface area (Å²) in [6, 6.07) is 15.7. The molecule has 3 aromatic rings. The van der Waals surface area contributed by atoms with Gasteiger partial charge in [-0.2, -0.15) is 0 Å². The molecule has 0 bridgehead atoms. The van der Waals surface area contributed by atoms with E-state index in [9.17, 15) is 0 Å².